The molecule has 2 aliphatic rings. The Balaban J connectivity index is 1.30. The number of imidazole rings is 1. The van der Waals surface area contributed by atoms with Gasteiger partial charge in [0.1, 0.15) is 22.5 Å². The van der Waals surface area contributed by atoms with Crippen LogP contribution in [-0.4, -0.2) is 81.1 Å². The van der Waals surface area contributed by atoms with E-state index in [1.54, 1.807) is 18.1 Å². The molecule has 2 aromatic carbocycles. The molecule has 0 bridgehead atoms. The zero-order valence-electron chi connectivity index (χ0n) is 30.0. The minimum absolute atomic E-state index is 0.0302. The summed E-state index contributed by atoms with van der Waals surface area (Å²) >= 11 is 0. The van der Waals surface area contributed by atoms with Crippen LogP contribution in [0.5, 0.6) is 5.75 Å². The van der Waals surface area contributed by atoms with E-state index in [0.29, 0.717) is 43.0 Å². The van der Waals surface area contributed by atoms with Crippen LogP contribution in [0.2, 0.25) is 0 Å². The number of nitrogens with zero attached hydrogens (tertiary/aromatic N) is 5. The van der Waals surface area contributed by atoms with Crippen LogP contribution < -0.4 is 15.0 Å². The molecule has 2 aromatic heterocycles. The van der Waals surface area contributed by atoms with Crippen molar-refractivity contribution in [2.24, 2.45) is 13.0 Å². The van der Waals surface area contributed by atoms with E-state index in [9.17, 15) is 14.4 Å². The van der Waals surface area contributed by atoms with Gasteiger partial charge in [-0.05, 0) is 84.6 Å². The number of rotatable bonds is 4. The summed E-state index contributed by atoms with van der Waals surface area (Å²) in [5.41, 5.74) is 3.39. The zero-order valence-corrected chi connectivity index (χ0v) is 30.0. The van der Waals surface area contributed by atoms with Crippen molar-refractivity contribution in [1.29, 1.82) is 0 Å². The van der Waals surface area contributed by atoms with Crippen LogP contribution in [0.4, 0.5) is 15.3 Å². The highest BCUT2D eigenvalue weighted by molar-refractivity contribution is 6.04. The molecular formula is C37H48N6O6. The Kier molecular flexibility index (Phi) is 8.79. The first kappa shape index (κ1) is 34.1. The number of carbonyl (C=O) groups is 3. The molecule has 12 heteroatoms. The summed E-state index contributed by atoms with van der Waals surface area (Å²) in [5, 5.41) is 4.01. The number of amides is 3. The lowest BCUT2D eigenvalue weighted by molar-refractivity contribution is 0.0483. The molecule has 2 aliphatic heterocycles. The molecule has 12 nitrogen and oxygen atoms in total. The van der Waals surface area contributed by atoms with Crippen LogP contribution in [0.1, 0.15) is 71.7 Å². The first-order valence-electron chi connectivity index (χ1n) is 17.0. The number of nitrogens with one attached hydrogen (secondary N) is 1. The van der Waals surface area contributed by atoms with Crippen LogP contribution in [0.3, 0.4) is 0 Å². The molecule has 1 fully saturated rings. The number of hydrogen-bond donors (Lipinski definition) is 1. The first-order chi connectivity index (χ1) is 23.0. The number of alkyl carbamates (subject to hydrolysis) is 1. The largest absolute Gasteiger partial charge is 0.494 e. The maximum atomic E-state index is 14.0. The van der Waals surface area contributed by atoms with Crippen molar-refractivity contribution in [2.45, 2.75) is 85.1 Å². The highest BCUT2D eigenvalue weighted by atomic mass is 16.6. The van der Waals surface area contributed by atoms with E-state index >= 15 is 0 Å². The zero-order chi connectivity index (χ0) is 35.4. The van der Waals surface area contributed by atoms with Gasteiger partial charge in [0.15, 0.2) is 5.82 Å². The molecule has 2 atom stereocenters. The molecule has 0 radical (unpaired) electrons. The van der Waals surface area contributed by atoms with Crippen molar-refractivity contribution in [3.63, 3.8) is 0 Å². The number of hydrogen-bond acceptors (Lipinski definition) is 7. The number of aromatic nitrogens is 3. The van der Waals surface area contributed by atoms with Crippen molar-refractivity contribution in [1.82, 2.24) is 24.3 Å². The number of para-hydroxylation sites is 1. The van der Waals surface area contributed by atoms with E-state index in [-0.39, 0.29) is 24.0 Å². The smallest absolute Gasteiger partial charge is 0.414 e. The Bertz CT molecular complexity index is 1930. The Morgan fingerprint density at radius 3 is 2.37 bits per heavy atom. The minimum Gasteiger partial charge on any atom is -0.494 e. The summed E-state index contributed by atoms with van der Waals surface area (Å²) < 4.78 is 21.2. The summed E-state index contributed by atoms with van der Waals surface area (Å²) in [6, 6.07) is 11.6. The second-order valence-electron chi connectivity index (χ2n) is 15.2. The lowest BCUT2D eigenvalue weighted by atomic mass is 9.99. The number of carbonyl (C=O) groups excluding carboxylic acids is 3. The molecule has 1 N–H and O–H groups in total. The topological polar surface area (TPSA) is 120 Å². The monoisotopic (exact) mass is 672 g/mol. The molecule has 3 amide bonds. The first-order valence-corrected chi connectivity index (χ1v) is 17.0. The van der Waals surface area contributed by atoms with Gasteiger partial charge in [-0.15, -0.1) is 0 Å². The van der Waals surface area contributed by atoms with Gasteiger partial charge in [0.2, 0.25) is 0 Å². The number of anilines is 1. The summed E-state index contributed by atoms with van der Waals surface area (Å²) in [6.45, 7) is 15.3. The third-order valence-corrected chi connectivity index (χ3v) is 9.11. The van der Waals surface area contributed by atoms with Crippen LogP contribution in [0, 0.1) is 5.92 Å². The molecular weight excluding hydrogens is 624 g/mol. The highest BCUT2D eigenvalue weighted by Crippen LogP contribution is 2.39. The number of likely N-dealkylation sites (tertiary alicyclic amines) is 1. The quantitative estimate of drug-likeness (QED) is 0.256. The molecule has 262 valence electrons. The molecule has 0 spiro atoms. The van der Waals surface area contributed by atoms with E-state index < -0.39 is 17.3 Å². The highest BCUT2D eigenvalue weighted by Gasteiger charge is 2.32. The number of aryl methyl sites for hydroxylation is 1. The van der Waals surface area contributed by atoms with Gasteiger partial charge >= 0.3 is 12.2 Å². The van der Waals surface area contributed by atoms with Gasteiger partial charge in [-0.3, -0.25) is 9.69 Å². The molecule has 1 unspecified atom stereocenters. The molecule has 6 rings (SSSR count). The van der Waals surface area contributed by atoms with Gasteiger partial charge in [0.25, 0.3) is 5.91 Å². The summed E-state index contributed by atoms with van der Waals surface area (Å²) in [4.78, 5) is 48.3. The summed E-state index contributed by atoms with van der Waals surface area (Å²) in [5.74, 6) is 1.21. The second-order valence-corrected chi connectivity index (χ2v) is 15.2. The van der Waals surface area contributed by atoms with Gasteiger partial charge in [0.05, 0.1) is 29.5 Å². The summed E-state index contributed by atoms with van der Waals surface area (Å²) in [7, 11) is 3.55. The van der Waals surface area contributed by atoms with Gasteiger partial charge in [-0.25, -0.2) is 14.6 Å². The average Bonchev–Trinajstić information content (AvgIpc) is 3.49. The Morgan fingerprint density at radius 1 is 0.939 bits per heavy atom. The number of fused-ring (bicyclic) bond motifs is 1. The van der Waals surface area contributed by atoms with Crippen LogP contribution in [-0.2, 0) is 23.1 Å². The predicted octanol–water partition coefficient (Wildman–Crippen LogP) is 6.72. The van der Waals surface area contributed by atoms with Crippen molar-refractivity contribution in [2.75, 3.05) is 31.6 Å². The Labute approximate surface area is 287 Å². The standard InChI is InChI=1S/C37H48N6O6/c1-22-21-41(15-11-13-25(22)39-34(45)48-36(2,3)4)33(44)24-18-26-31(29(20-24)47-9)40(8)32(38-26)28-19-23-12-10-14-27-30(23)42(28)16-17-43(27)35(46)49-37(5,6)7/h10,12,14,18-20,22,25H,11,13,15-17,21H2,1-9H3,(H,39,45)/t22?,25-/m1/s1. The fourth-order valence-electron chi connectivity index (χ4n) is 6.98. The van der Waals surface area contributed by atoms with E-state index in [4.69, 9.17) is 19.2 Å². The SMILES string of the molecule is COc1cc(C(=O)N2CCC[C@@H](NC(=O)OC(C)(C)C)C(C)C2)cc2nc(-c3cc4cccc5c4n3CCN5C(=O)OC(C)(C)C)n(C)c12. The van der Waals surface area contributed by atoms with Crippen molar-refractivity contribution in [3.8, 4) is 17.3 Å². The van der Waals surface area contributed by atoms with Crippen molar-refractivity contribution < 1.29 is 28.6 Å². The second kappa shape index (κ2) is 12.6. The van der Waals surface area contributed by atoms with Crippen molar-refractivity contribution in [3.05, 3.63) is 42.0 Å². The van der Waals surface area contributed by atoms with Gasteiger partial charge < -0.3 is 33.6 Å². The molecule has 49 heavy (non-hydrogen) atoms. The van der Waals surface area contributed by atoms with Gasteiger partial charge in [-0.2, -0.15) is 0 Å². The molecule has 4 aromatic rings. The number of benzene rings is 2. The molecule has 0 aliphatic carbocycles. The lowest BCUT2D eigenvalue weighted by Crippen LogP contribution is -2.44. The van der Waals surface area contributed by atoms with Crippen LogP contribution >= 0.6 is 0 Å². The van der Waals surface area contributed by atoms with Crippen molar-refractivity contribution >= 4 is 45.7 Å². The van der Waals surface area contributed by atoms with Gasteiger partial charge in [0, 0.05) is 50.2 Å². The lowest BCUT2D eigenvalue weighted by Gasteiger charge is -2.31. The minimum atomic E-state index is -0.602. The number of methoxy groups -OCH3 is 1. The van der Waals surface area contributed by atoms with E-state index in [0.717, 1.165) is 46.5 Å². The molecule has 4 heterocycles. The maximum absolute atomic E-state index is 14.0. The Morgan fingerprint density at radius 2 is 1.67 bits per heavy atom. The normalized spacial score (nSPS) is 18.4. The van der Waals surface area contributed by atoms with E-state index in [1.807, 2.05) is 82.3 Å². The maximum Gasteiger partial charge on any atom is 0.414 e. The molecule has 0 saturated carbocycles. The fraction of sp³-hybridized carbons (Fsp3) is 0.514. The predicted molar refractivity (Wildman–Crippen MR) is 189 cm³/mol. The third kappa shape index (κ3) is 6.78. The van der Waals surface area contributed by atoms with Crippen LogP contribution in [0.15, 0.2) is 36.4 Å². The van der Waals surface area contributed by atoms with Crippen LogP contribution in [0.25, 0.3) is 33.5 Å². The Hall–Kier alpha value is -4.74. The average molecular weight is 673 g/mol. The van der Waals surface area contributed by atoms with E-state index in [2.05, 4.69) is 22.9 Å². The summed E-state index contributed by atoms with van der Waals surface area (Å²) in [6.07, 6.45) is 0.697. The van der Waals surface area contributed by atoms with E-state index in [1.165, 1.54) is 0 Å². The fourth-order valence-corrected chi connectivity index (χ4v) is 6.98. The molecule has 1 saturated heterocycles. The number of ether oxygens (including phenoxy) is 3. The van der Waals surface area contributed by atoms with Gasteiger partial charge in [-0.1, -0.05) is 19.1 Å². The third-order valence-electron chi connectivity index (χ3n) is 9.11.